The van der Waals surface area contributed by atoms with E-state index in [1.165, 1.54) is 0 Å². The van der Waals surface area contributed by atoms with E-state index >= 15 is 0 Å². The van der Waals surface area contributed by atoms with Crippen molar-refractivity contribution in [1.29, 1.82) is 0 Å². The van der Waals surface area contributed by atoms with Crippen molar-refractivity contribution in [2.24, 2.45) is 0 Å². The minimum absolute atomic E-state index is 0. The third-order valence-corrected chi connectivity index (χ3v) is 0. The molecule has 0 fully saturated rings. The molecule has 1 heteroatoms. The molecule has 0 aromatic heterocycles. The fourth-order valence-electron chi connectivity index (χ4n) is 0. The first-order chi connectivity index (χ1) is 4.00. The number of rotatable bonds is 0. The first kappa shape index (κ1) is 43.5. The van der Waals surface area contributed by atoms with Crippen LogP contribution in [0.5, 0.6) is 0 Å². The molecule has 0 heterocycles. The van der Waals surface area contributed by atoms with Crippen molar-refractivity contribution in [2.75, 3.05) is 0 Å². The Labute approximate surface area is 95.1 Å². The Hall–Kier alpha value is 1.10. The Bertz CT molecular complexity index is 4.69. The van der Waals surface area contributed by atoms with Crippen molar-refractivity contribution in [3.63, 3.8) is 0 Å². The Balaban J connectivity index is -0.00000000500. The molecule has 0 nitrogen and oxygen atoms in total. The van der Waals surface area contributed by atoms with Crippen molar-refractivity contribution in [3.8, 4) is 0 Å². The Morgan fingerprint density at radius 1 is 0.400 bits per heavy atom. The van der Waals surface area contributed by atoms with Crippen LogP contribution in [0.4, 0.5) is 0 Å². The van der Waals surface area contributed by atoms with Crippen LogP contribution < -0.4 is 0 Å². The smallest absolute Gasteiger partial charge is 0 e. The molecular weight excluding hydrogens is 197 g/mol. The Kier molecular flexibility index (Phi) is 2990. The second kappa shape index (κ2) is 687. The summed E-state index contributed by atoms with van der Waals surface area (Å²) in [6, 6.07) is 0. The van der Waals surface area contributed by atoms with Crippen LogP contribution in [-0.2, 0) is 32.7 Å². The molecule has 0 saturated carbocycles. The fraction of sp³-hybridized carbons (Fsp3) is 1.00. The summed E-state index contributed by atoms with van der Waals surface area (Å²) < 4.78 is 0. The molecule has 67 valence electrons. The first-order valence-electron chi connectivity index (χ1n) is 4.00. The summed E-state index contributed by atoms with van der Waals surface area (Å²) in [6.45, 7) is 16.0. The topological polar surface area (TPSA) is 0 Å². The summed E-state index contributed by atoms with van der Waals surface area (Å²) in [7, 11) is 0. The summed E-state index contributed by atoms with van der Waals surface area (Å²) in [4.78, 5) is 0. The van der Waals surface area contributed by atoms with Crippen LogP contribution in [0.3, 0.4) is 0 Å². The standard InChI is InChI=1S/4C2H6.CH4.Y/c4*1-2;;/h4*1-2H3;1H4;. The monoisotopic (exact) mass is 225 g/mol. The maximum atomic E-state index is 2.00. The van der Waals surface area contributed by atoms with Gasteiger partial charge in [-0.25, -0.2) is 0 Å². The van der Waals surface area contributed by atoms with E-state index in [4.69, 9.17) is 0 Å². The molecule has 0 N–H and O–H groups in total. The molecule has 1 radical (unpaired) electrons. The summed E-state index contributed by atoms with van der Waals surface area (Å²) >= 11 is 0. The van der Waals surface area contributed by atoms with Gasteiger partial charge in [-0.1, -0.05) is 62.8 Å². The molecule has 0 aliphatic heterocycles. The van der Waals surface area contributed by atoms with Crippen molar-refractivity contribution in [2.45, 2.75) is 62.8 Å². The van der Waals surface area contributed by atoms with Gasteiger partial charge in [-0.05, 0) is 0 Å². The maximum Gasteiger partial charge on any atom is 0 e. The quantitative estimate of drug-likeness (QED) is 0.558. The van der Waals surface area contributed by atoms with Gasteiger partial charge in [0.2, 0.25) is 0 Å². The van der Waals surface area contributed by atoms with Crippen LogP contribution >= 0.6 is 0 Å². The van der Waals surface area contributed by atoms with E-state index in [1.54, 1.807) is 0 Å². The molecule has 0 aliphatic carbocycles. The van der Waals surface area contributed by atoms with Gasteiger partial charge < -0.3 is 0 Å². The molecule has 0 aromatic rings. The molecule has 10 heavy (non-hydrogen) atoms. The molecule has 0 rings (SSSR count). The molecular formula is C9H28Y. The molecule has 0 bridgehead atoms. The first-order valence-corrected chi connectivity index (χ1v) is 4.00. The SMILES string of the molecule is C.CC.CC.CC.CC.[Y]. The third kappa shape index (κ3) is 491. The summed E-state index contributed by atoms with van der Waals surface area (Å²) in [5, 5.41) is 0. The molecule has 0 aliphatic rings. The Morgan fingerprint density at radius 3 is 0.400 bits per heavy atom. The normalized spacial score (nSPS) is 2.40. The van der Waals surface area contributed by atoms with Crippen molar-refractivity contribution < 1.29 is 32.7 Å². The molecule has 0 spiro atoms. The third-order valence-electron chi connectivity index (χ3n) is 0. The van der Waals surface area contributed by atoms with Gasteiger partial charge in [0.25, 0.3) is 0 Å². The van der Waals surface area contributed by atoms with Gasteiger partial charge in [-0.2, -0.15) is 0 Å². The zero-order chi connectivity index (χ0) is 8.00. The average Bonchev–Trinajstić information content (AvgIpc) is 2.03. The molecule has 0 saturated heterocycles. The van der Waals surface area contributed by atoms with Gasteiger partial charge >= 0.3 is 0 Å². The van der Waals surface area contributed by atoms with E-state index in [0.29, 0.717) is 0 Å². The van der Waals surface area contributed by atoms with E-state index in [2.05, 4.69) is 0 Å². The summed E-state index contributed by atoms with van der Waals surface area (Å²) in [5.41, 5.74) is 0. The molecule has 0 amide bonds. The van der Waals surface area contributed by atoms with Gasteiger partial charge in [0.1, 0.15) is 0 Å². The van der Waals surface area contributed by atoms with Crippen molar-refractivity contribution in [1.82, 2.24) is 0 Å². The van der Waals surface area contributed by atoms with Crippen LogP contribution in [0, 0.1) is 0 Å². The average molecular weight is 225 g/mol. The Morgan fingerprint density at radius 2 is 0.400 bits per heavy atom. The van der Waals surface area contributed by atoms with E-state index < -0.39 is 0 Å². The molecule has 0 aromatic carbocycles. The van der Waals surface area contributed by atoms with Crippen LogP contribution in [0.15, 0.2) is 0 Å². The minimum atomic E-state index is 0. The van der Waals surface area contributed by atoms with Crippen LogP contribution in [0.25, 0.3) is 0 Å². The predicted octanol–water partition coefficient (Wildman–Crippen LogP) is 4.74. The van der Waals surface area contributed by atoms with E-state index in [-0.39, 0.29) is 40.1 Å². The zero-order valence-corrected chi connectivity index (χ0v) is 11.4. The zero-order valence-electron chi connectivity index (χ0n) is 8.58. The van der Waals surface area contributed by atoms with Gasteiger partial charge in [-0.15, -0.1) is 0 Å². The largest absolute Gasteiger partial charge is 0.0776 e. The second-order valence-corrected chi connectivity index (χ2v) is 0. The second-order valence-electron chi connectivity index (χ2n) is 0. The molecule has 0 unspecified atom stereocenters. The summed E-state index contributed by atoms with van der Waals surface area (Å²) in [6.07, 6.45) is 0. The number of hydrogen-bond donors (Lipinski definition) is 0. The van der Waals surface area contributed by atoms with E-state index in [1.807, 2.05) is 55.4 Å². The van der Waals surface area contributed by atoms with Gasteiger partial charge in [0.15, 0.2) is 0 Å². The molecule has 0 atom stereocenters. The summed E-state index contributed by atoms with van der Waals surface area (Å²) in [5.74, 6) is 0. The van der Waals surface area contributed by atoms with Gasteiger partial charge in [0.05, 0.1) is 0 Å². The van der Waals surface area contributed by atoms with Crippen LogP contribution in [0.1, 0.15) is 62.8 Å². The predicted molar refractivity (Wildman–Crippen MR) is 52.1 cm³/mol. The minimum Gasteiger partial charge on any atom is -0.0776 e. The van der Waals surface area contributed by atoms with Gasteiger partial charge in [-0.3, -0.25) is 0 Å². The van der Waals surface area contributed by atoms with Crippen LogP contribution in [0.2, 0.25) is 0 Å². The van der Waals surface area contributed by atoms with E-state index in [0.717, 1.165) is 0 Å². The van der Waals surface area contributed by atoms with Crippen molar-refractivity contribution >= 4 is 0 Å². The number of hydrogen-bond acceptors (Lipinski definition) is 0. The fourth-order valence-corrected chi connectivity index (χ4v) is 0. The van der Waals surface area contributed by atoms with Crippen LogP contribution in [-0.4, -0.2) is 0 Å². The van der Waals surface area contributed by atoms with Crippen molar-refractivity contribution in [3.05, 3.63) is 0 Å². The van der Waals surface area contributed by atoms with E-state index in [9.17, 15) is 0 Å². The van der Waals surface area contributed by atoms with Gasteiger partial charge in [0, 0.05) is 32.7 Å². The maximum absolute atomic E-state index is 2.00.